The monoisotopic (exact) mass is 111 g/mol. The summed E-state index contributed by atoms with van der Waals surface area (Å²) >= 11 is 0. The van der Waals surface area contributed by atoms with E-state index in [1.165, 1.54) is 0 Å². The highest BCUT2D eigenvalue weighted by Gasteiger charge is 1.88. The lowest BCUT2D eigenvalue weighted by Gasteiger charge is -1.79. The van der Waals surface area contributed by atoms with Gasteiger partial charge in [0.05, 0.1) is 0 Å². The third-order valence-corrected chi connectivity index (χ3v) is 2.41. The van der Waals surface area contributed by atoms with Gasteiger partial charge in [0.1, 0.15) is 5.42 Å². The summed E-state index contributed by atoms with van der Waals surface area (Å²) in [5, 5.41) is 0. The normalized spacial score (nSPS) is 11.9. The molecule has 0 saturated carbocycles. The molecule has 1 aromatic heterocycles. The van der Waals surface area contributed by atoms with Gasteiger partial charge in [0, 0.05) is 0 Å². The van der Waals surface area contributed by atoms with Gasteiger partial charge in [-0.15, -0.1) is 5.73 Å². The van der Waals surface area contributed by atoms with Crippen molar-refractivity contribution in [3.05, 3.63) is 17.9 Å². The molecule has 0 aromatic carbocycles. The zero-order valence-electron chi connectivity index (χ0n) is 4.13. The molecule has 0 aliphatic rings. The van der Waals surface area contributed by atoms with Crippen molar-refractivity contribution in [2.24, 2.45) is 6.66 Å². The van der Waals surface area contributed by atoms with Gasteiger partial charge >= 0.3 is 0 Å². The molecular formula is C5H6NP. The van der Waals surface area contributed by atoms with E-state index in [4.69, 9.17) is 5.73 Å². The fourth-order valence-corrected chi connectivity index (χ4v) is 1.27. The minimum Gasteiger partial charge on any atom is -0.146 e. The molecule has 1 rings (SSSR count). The van der Waals surface area contributed by atoms with E-state index in [1.54, 1.807) is 6.07 Å². The van der Waals surface area contributed by atoms with Gasteiger partial charge in [-0.1, -0.05) is 13.6 Å². The molecule has 0 amide bonds. The summed E-state index contributed by atoms with van der Waals surface area (Å²) in [4.78, 5) is 0. The Labute approximate surface area is 44.2 Å². The number of hydrogen-bond acceptors (Lipinski definition) is 0. The molecule has 1 atom stereocenters. The molecule has 1 aromatic rings. The highest BCUT2D eigenvalue weighted by molar-refractivity contribution is 7.50. The van der Waals surface area contributed by atoms with Crippen LogP contribution in [0.1, 0.15) is 0 Å². The third kappa shape index (κ3) is 0.779. The van der Waals surface area contributed by atoms with Crippen molar-refractivity contribution in [2.75, 3.05) is 0 Å². The molecule has 7 heavy (non-hydrogen) atoms. The summed E-state index contributed by atoms with van der Waals surface area (Å²) in [7, 11) is -0.290. The van der Waals surface area contributed by atoms with Gasteiger partial charge in [0.15, 0.2) is 0 Å². The van der Waals surface area contributed by atoms with E-state index in [2.05, 4.69) is 0 Å². The first-order valence-corrected chi connectivity index (χ1v) is 3.97. The zero-order chi connectivity index (χ0) is 5.28. The first kappa shape index (κ1) is 4.73. The Morgan fingerprint density at radius 2 is 2.43 bits per heavy atom. The standard InChI is InChI=1S/C5H6NP/c1-7-4-2-3-5(7)6/h2-4H,1H3. The van der Waals surface area contributed by atoms with Gasteiger partial charge < -0.3 is 0 Å². The van der Waals surface area contributed by atoms with Crippen LogP contribution >= 0.6 is 7.53 Å². The van der Waals surface area contributed by atoms with Crippen LogP contribution in [-0.4, -0.2) is 0 Å². The Hall–Kier alpha value is -0.420. The smallest absolute Gasteiger partial charge is 0.104 e. The minimum absolute atomic E-state index is 0.290. The predicted molar refractivity (Wildman–Crippen MR) is 31.9 cm³/mol. The van der Waals surface area contributed by atoms with Crippen LogP contribution in [0.2, 0.25) is 0 Å². The van der Waals surface area contributed by atoms with Crippen LogP contribution in [0.5, 0.6) is 0 Å². The third-order valence-electron chi connectivity index (χ3n) is 0.916. The molecule has 1 unspecified atom stereocenters. The predicted octanol–water partition coefficient (Wildman–Crippen LogP) is 1.91. The second kappa shape index (κ2) is 1.59. The van der Waals surface area contributed by atoms with Crippen LogP contribution in [0, 0.1) is 0 Å². The van der Waals surface area contributed by atoms with Crippen LogP contribution in [-0.2, 0) is 6.66 Å². The number of hydrogen-bond donors (Lipinski definition) is 0. The van der Waals surface area contributed by atoms with Crippen molar-refractivity contribution in [1.82, 2.24) is 5.73 Å². The Kier molecular flexibility index (Phi) is 1.07. The summed E-state index contributed by atoms with van der Waals surface area (Å²) < 4.78 is 0. The topological polar surface area (TPSA) is 22.3 Å². The summed E-state index contributed by atoms with van der Waals surface area (Å²) in [6.45, 7) is 2.02. The molecule has 2 radical (unpaired) electrons. The van der Waals surface area contributed by atoms with Crippen molar-refractivity contribution in [3.63, 3.8) is 0 Å². The summed E-state index contributed by atoms with van der Waals surface area (Å²) in [6.07, 6.45) is 0. The first-order chi connectivity index (χ1) is 3.30. The average Bonchev–Trinajstić information content (AvgIpc) is 1.91. The molecule has 0 bridgehead atoms. The lowest BCUT2D eigenvalue weighted by Crippen LogP contribution is -1.50. The van der Waals surface area contributed by atoms with Crippen LogP contribution in [0.25, 0.3) is 0 Å². The Morgan fingerprint density at radius 3 is 2.57 bits per heavy atom. The molecule has 1 heterocycles. The van der Waals surface area contributed by atoms with E-state index in [-0.39, 0.29) is 7.53 Å². The van der Waals surface area contributed by atoms with Gasteiger partial charge in [0.2, 0.25) is 0 Å². The van der Waals surface area contributed by atoms with Gasteiger partial charge in [0.25, 0.3) is 0 Å². The molecule has 0 saturated heterocycles. The molecular weight excluding hydrogens is 105 g/mol. The van der Waals surface area contributed by atoms with Gasteiger partial charge in [-0.25, -0.2) is 0 Å². The second-order valence-electron chi connectivity index (χ2n) is 1.48. The first-order valence-electron chi connectivity index (χ1n) is 2.11. The SMILES string of the molecule is Cp1cccc1[N]. The minimum atomic E-state index is -0.290. The van der Waals surface area contributed by atoms with E-state index in [1.807, 2.05) is 18.5 Å². The van der Waals surface area contributed by atoms with Gasteiger partial charge in [-0.2, -0.15) is 0 Å². The molecule has 0 aliphatic heterocycles. The lowest BCUT2D eigenvalue weighted by atomic mass is 10.6. The molecule has 0 fully saturated rings. The van der Waals surface area contributed by atoms with Gasteiger partial charge in [-0.05, 0) is 18.5 Å². The van der Waals surface area contributed by atoms with E-state index in [9.17, 15) is 0 Å². The van der Waals surface area contributed by atoms with Crippen LogP contribution < -0.4 is 5.73 Å². The van der Waals surface area contributed by atoms with Crippen molar-refractivity contribution >= 4 is 13.0 Å². The molecule has 36 valence electrons. The number of rotatable bonds is 0. The molecule has 2 heteroatoms. The van der Waals surface area contributed by atoms with Crippen molar-refractivity contribution in [3.8, 4) is 0 Å². The number of aryl methyl sites for hydroxylation is 1. The molecule has 0 N–H and O–H groups in total. The summed E-state index contributed by atoms with van der Waals surface area (Å²) in [5.74, 6) is 2.02. The van der Waals surface area contributed by atoms with Gasteiger partial charge in [-0.3, -0.25) is 0 Å². The zero-order valence-corrected chi connectivity index (χ0v) is 5.02. The Balaban J connectivity index is 3.12. The van der Waals surface area contributed by atoms with Crippen LogP contribution in [0.15, 0.2) is 17.9 Å². The maximum Gasteiger partial charge on any atom is 0.104 e. The largest absolute Gasteiger partial charge is 0.146 e. The van der Waals surface area contributed by atoms with Crippen LogP contribution in [0.4, 0.5) is 5.42 Å². The molecule has 0 aliphatic carbocycles. The summed E-state index contributed by atoms with van der Waals surface area (Å²) in [6, 6.07) is 3.63. The van der Waals surface area contributed by atoms with E-state index in [0.717, 1.165) is 0 Å². The molecule has 1 nitrogen and oxygen atoms in total. The summed E-state index contributed by atoms with van der Waals surface area (Å²) in [5.41, 5.74) is 9.36. The fraction of sp³-hybridized carbons (Fsp3) is 0.200. The molecule has 0 spiro atoms. The number of nitrogens with zero attached hydrogens (tertiary/aromatic N) is 1. The van der Waals surface area contributed by atoms with E-state index in [0.29, 0.717) is 5.42 Å². The highest BCUT2D eigenvalue weighted by Crippen LogP contribution is 2.32. The Morgan fingerprint density at radius 1 is 1.71 bits per heavy atom. The van der Waals surface area contributed by atoms with E-state index < -0.39 is 0 Å². The quantitative estimate of drug-likeness (QED) is 0.488. The average molecular weight is 111 g/mol. The lowest BCUT2D eigenvalue weighted by molar-refractivity contribution is 1.59. The van der Waals surface area contributed by atoms with Crippen molar-refractivity contribution < 1.29 is 0 Å². The Bertz CT molecular complexity index is 140. The van der Waals surface area contributed by atoms with E-state index >= 15 is 0 Å². The van der Waals surface area contributed by atoms with Crippen molar-refractivity contribution in [1.29, 1.82) is 0 Å². The highest BCUT2D eigenvalue weighted by atomic mass is 31.1. The maximum atomic E-state index is 8.83. The van der Waals surface area contributed by atoms with Crippen LogP contribution in [0.3, 0.4) is 0 Å². The maximum absolute atomic E-state index is 8.83. The second-order valence-corrected chi connectivity index (χ2v) is 3.46. The van der Waals surface area contributed by atoms with Crippen molar-refractivity contribution in [2.45, 2.75) is 0 Å². The fourth-order valence-electron chi connectivity index (χ4n) is 0.452.